The van der Waals surface area contributed by atoms with Gasteiger partial charge >= 0.3 is 0 Å². The molecule has 8 heterocycles. The number of aromatic nitrogens is 5. The molecular weight excluding hydrogens is 603 g/mol. The summed E-state index contributed by atoms with van der Waals surface area (Å²) in [5.41, 5.74) is 6.95. The standard InChI is InChI=1S/C34H35N7O2S2/c1-19-39-40-34(43-19)28-25(7-6-20-11-16-42-17-12-20)37-30-26-5-3-15-41(26)45-32(30)29(28)27-18-21-10-14-36-33(31(21)44-27)38-24-9-8-23-22(24)4-2-13-35-23/h2,4,10,13-14,18,20,24,26H,3,5-9,11-12,15-17H2,1H3,(H,36,38). The van der Waals surface area contributed by atoms with E-state index in [1.165, 1.54) is 44.1 Å². The number of pyridine rings is 3. The van der Waals surface area contributed by atoms with Crippen LogP contribution in [0.1, 0.15) is 79.1 Å². The predicted octanol–water partition coefficient (Wildman–Crippen LogP) is 7.73. The first-order valence-electron chi connectivity index (χ1n) is 16.2. The summed E-state index contributed by atoms with van der Waals surface area (Å²) in [6.07, 6.45) is 12.4. The molecule has 1 aliphatic carbocycles. The molecule has 0 radical (unpaired) electrons. The van der Waals surface area contributed by atoms with Crippen molar-refractivity contribution in [3.63, 3.8) is 0 Å². The van der Waals surface area contributed by atoms with E-state index >= 15 is 0 Å². The molecule has 45 heavy (non-hydrogen) atoms. The van der Waals surface area contributed by atoms with Crippen molar-refractivity contribution in [3.05, 3.63) is 65.2 Å². The van der Waals surface area contributed by atoms with Crippen molar-refractivity contribution < 1.29 is 9.15 Å². The van der Waals surface area contributed by atoms with E-state index in [1.807, 2.05) is 37.3 Å². The fourth-order valence-corrected chi connectivity index (χ4v) is 10.1. The molecule has 2 saturated heterocycles. The van der Waals surface area contributed by atoms with Crippen LogP contribution >= 0.6 is 23.3 Å². The van der Waals surface area contributed by atoms with Crippen molar-refractivity contribution in [1.82, 2.24) is 29.5 Å². The number of anilines is 1. The zero-order valence-electron chi connectivity index (χ0n) is 25.3. The van der Waals surface area contributed by atoms with Gasteiger partial charge in [-0.3, -0.25) is 9.97 Å². The largest absolute Gasteiger partial charge is 0.421 e. The summed E-state index contributed by atoms with van der Waals surface area (Å²) >= 11 is 3.66. The molecule has 1 N–H and O–H groups in total. The zero-order valence-corrected chi connectivity index (χ0v) is 26.9. The average molecular weight is 638 g/mol. The van der Waals surface area contributed by atoms with Gasteiger partial charge in [-0.15, -0.1) is 21.5 Å². The fourth-order valence-electron chi connectivity index (χ4n) is 7.53. The highest BCUT2D eigenvalue weighted by atomic mass is 32.2. The van der Waals surface area contributed by atoms with Gasteiger partial charge in [0.05, 0.1) is 38.6 Å². The van der Waals surface area contributed by atoms with Crippen molar-refractivity contribution in [2.45, 2.75) is 75.3 Å². The summed E-state index contributed by atoms with van der Waals surface area (Å²) in [7, 11) is 0. The van der Waals surface area contributed by atoms with Crippen LogP contribution in [0.3, 0.4) is 0 Å². The van der Waals surface area contributed by atoms with Gasteiger partial charge in [0.2, 0.25) is 11.8 Å². The summed E-state index contributed by atoms with van der Waals surface area (Å²) in [5.74, 6) is 2.71. The van der Waals surface area contributed by atoms with Gasteiger partial charge < -0.3 is 14.5 Å². The highest BCUT2D eigenvalue weighted by Crippen LogP contribution is 2.56. The van der Waals surface area contributed by atoms with Crippen LogP contribution in [0.4, 0.5) is 5.82 Å². The van der Waals surface area contributed by atoms with E-state index in [0.717, 1.165) is 86.5 Å². The predicted molar refractivity (Wildman–Crippen MR) is 176 cm³/mol. The van der Waals surface area contributed by atoms with E-state index in [0.29, 0.717) is 23.7 Å². The molecule has 0 aromatic carbocycles. The van der Waals surface area contributed by atoms with Gasteiger partial charge in [0.1, 0.15) is 5.82 Å². The molecule has 0 amide bonds. The van der Waals surface area contributed by atoms with Gasteiger partial charge in [-0.25, -0.2) is 9.29 Å². The normalized spacial score (nSPS) is 21.4. The molecule has 4 aliphatic rings. The van der Waals surface area contributed by atoms with Crippen LogP contribution in [-0.4, -0.2) is 49.2 Å². The molecule has 0 bridgehead atoms. The Morgan fingerprint density at radius 1 is 1.04 bits per heavy atom. The van der Waals surface area contributed by atoms with E-state index in [2.05, 4.69) is 43.0 Å². The monoisotopic (exact) mass is 637 g/mol. The lowest BCUT2D eigenvalue weighted by molar-refractivity contribution is 0.0639. The van der Waals surface area contributed by atoms with Crippen LogP contribution in [0, 0.1) is 12.8 Å². The number of rotatable bonds is 7. The molecule has 5 aromatic rings. The van der Waals surface area contributed by atoms with Crippen LogP contribution in [0.15, 0.2) is 46.0 Å². The third-order valence-corrected chi connectivity index (χ3v) is 12.3. The van der Waals surface area contributed by atoms with Crippen molar-refractivity contribution >= 4 is 39.2 Å². The van der Waals surface area contributed by atoms with Crippen molar-refractivity contribution in [3.8, 4) is 21.9 Å². The van der Waals surface area contributed by atoms with Crippen molar-refractivity contribution in [2.24, 2.45) is 5.92 Å². The lowest BCUT2D eigenvalue weighted by Crippen LogP contribution is -2.17. The number of hydrogen-bond acceptors (Lipinski definition) is 11. The van der Waals surface area contributed by atoms with E-state index in [-0.39, 0.29) is 6.04 Å². The zero-order chi connectivity index (χ0) is 29.9. The molecule has 0 saturated carbocycles. The van der Waals surface area contributed by atoms with Gasteiger partial charge in [0.15, 0.2) is 0 Å². The Hall–Kier alpha value is -3.38. The van der Waals surface area contributed by atoms with Crippen LogP contribution in [0.2, 0.25) is 0 Å². The maximum Gasteiger partial charge on any atom is 0.250 e. The van der Waals surface area contributed by atoms with E-state index in [1.54, 1.807) is 11.3 Å². The summed E-state index contributed by atoms with van der Waals surface area (Å²) in [6, 6.07) is 9.24. The minimum absolute atomic E-state index is 0.207. The second kappa shape index (κ2) is 11.5. The first kappa shape index (κ1) is 27.9. The summed E-state index contributed by atoms with van der Waals surface area (Å²) in [4.78, 5) is 17.4. The van der Waals surface area contributed by atoms with E-state index < -0.39 is 0 Å². The Balaban J connectivity index is 1.18. The molecular formula is C34H35N7O2S2. The van der Waals surface area contributed by atoms with Crippen LogP contribution in [0.5, 0.6) is 0 Å². The molecule has 230 valence electrons. The Bertz CT molecular complexity index is 1900. The number of ether oxygens (including phenoxy) is 1. The number of nitrogens with zero attached hydrogens (tertiary/aromatic N) is 6. The van der Waals surface area contributed by atoms with Gasteiger partial charge in [0, 0.05) is 55.2 Å². The lowest BCUT2D eigenvalue weighted by atomic mass is 9.91. The second-order valence-electron chi connectivity index (χ2n) is 12.6. The maximum absolute atomic E-state index is 6.21. The third kappa shape index (κ3) is 4.95. The SMILES string of the molecule is Cc1nnc(-c2c(CCC3CCOCC3)nc3c(c2-c2cc4ccnc(NC5CCc6ncccc65)c4s2)SN2CCCC32)o1. The highest BCUT2D eigenvalue weighted by Gasteiger charge is 2.41. The first-order chi connectivity index (χ1) is 22.2. The smallest absolute Gasteiger partial charge is 0.250 e. The first-order valence-corrected chi connectivity index (χ1v) is 17.8. The van der Waals surface area contributed by atoms with Gasteiger partial charge in [-0.2, -0.15) is 0 Å². The Morgan fingerprint density at radius 2 is 1.98 bits per heavy atom. The Morgan fingerprint density at radius 3 is 2.87 bits per heavy atom. The summed E-state index contributed by atoms with van der Waals surface area (Å²) < 4.78 is 15.6. The Labute approximate surface area is 270 Å². The molecule has 2 atom stereocenters. The Kier molecular flexibility index (Phi) is 7.10. The van der Waals surface area contributed by atoms with Crippen LogP contribution in [0.25, 0.3) is 32.0 Å². The number of nitrogens with one attached hydrogen (secondary N) is 1. The minimum atomic E-state index is 0.207. The van der Waals surface area contributed by atoms with Gasteiger partial charge in [0.25, 0.3) is 0 Å². The number of thiophene rings is 1. The molecule has 0 spiro atoms. The lowest BCUT2D eigenvalue weighted by Gasteiger charge is -2.22. The molecule has 2 fully saturated rings. The van der Waals surface area contributed by atoms with Crippen molar-refractivity contribution in [2.75, 3.05) is 25.1 Å². The van der Waals surface area contributed by atoms with Gasteiger partial charge in [-0.05, 0) is 98.4 Å². The molecule has 5 aromatic heterocycles. The fraction of sp³-hybridized carbons (Fsp3) is 0.441. The van der Waals surface area contributed by atoms with E-state index in [9.17, 15) is 0 Å². The second-order valence-corrected chi connectivity index (χ2v) is 14.7. The molecule has 11 heteroatoms. The van der Waals surface area contributed by atoms with Crippen LogP contribution < -0.4 is 5.32 Å². The minimum Gasteiger partial charge on any atom is -0.421 e. The quantitative estimate of drug-likeness (QED) is 0.178. The molecule has 3 aliphatic heterocycles. The van der Waals surface area contributed by atoms with E-state index in [4.69, 9.17) is 19.1 Å². The highest BCUT2D eigenvalue weighted by molar-refractivity contribution is 7.97. The average Bonchev–Trinajstić information content (AvgIpc) is 3.90. The third-order valence-electron chi connectivity index (χ3n) is 9.81. The number of fused-ring (bicyclic) bond motifs is 5. The summed E-state index contributed by atoms with van der Waals surface area (Å²) in [6.45, 7) is 4.65. The molecule has 9 rings (SSSR count). The maximum atomic E-state index is 6.21. The van der Waals surface area contributed by atoms with Crippen molar-refractivity contribution in [1.29, 1.82) is 0 Å². The van der Waals surface area contributed by atoms with Crippen LogP contribution in [-0.2, 0) is 17.6 Å². The molecule has 9 nitrogen and oxygen atoms in total. The topological polar surface area (TPSA) is 102 Å². The number of hydrogen-bond donors (Lipinski definition) is 1. The molecule has 2 unspecified atom stereocenters. The van der Waals surface area contributed by atoms with Gasteiger partial charge in [-0.1, -0.05) is 6.07 Å². The number of aryl methyl sites for hydroxylation is 3. The summed E-state index contributed by atoms with van der Waals surface area (Å²) in [5, 5.41) is 13.8.